The van der Waals surface area contributed by atoms with Crippen LogP contribution in [0, 0.1) is 23.0 Å². The van der Waals surface area contributed by atoms with Crippen LogP contribution in [0.3, 0.4) is 0 Å². The first-order valence-corrected chi connectivity index (χ1v) is 11.9. The first-order chi connectivity index (χ1) is 15.2. The quantitative estimate of drug-likeness (QED) is 0.473. The van der Waals surface area contributed by atoms with E-state index in [1.165, 1.54) is 16.4 Å². The van der Waals surface area contributed by atoms with Crippen LogP contribution in [0.4, 0.5) is 11.4 Å². The Hall–Kier alpha value is -2.98. The Morgan fingerprint density at radius 2 is 1.94 bits per heavy atom. The van der Waals surface area contributed by atoms with Crippen molar-refractivity contribution in [1.29, 1.82) is 0 Å². The van der Waals surface area contributed by atoms with Crippen molar-refractivity contribution in [2.45, 2.75) is 38.0 Å². The van der Waals surface area contributed by atoms with Gasteiger partial charge in [0.05, 0.1) is 16.4 Å². The highest BCUT2D eigenvalue weighted by Crippen LogP contribution is 2.29. The highest BCUT2D eigenvalue weighted by Gasteiger charge is 2.33. The lowest BCUT2D eigenvalue weighted by molar-refractivity contribution is -0.385. The maximum absolute atomic E-state index is 13.1. The number of nitro groups is 1. The molecule has 9 nitrogen and oxygen atoms in total. The number of amides is 1. The highest BCUT2D eigenvalue weighted by atomic mass is 32.2. The fourth-order valence-corrected chi connectivity index (χ4v) is 5.32. The van der Waals surface area contributed by atoms with E-state index in [9.17, 15) is 23.3 Å². The Kier molecular flexibility index (Phi) is 7.47. The number of hydrogen-bond donors (Lipinski definition) is 1. The third kappa shape index (κ3) is 5.43. The van der Waals surface area contributed by atoms with Gasteiger partial charge in [-0.1, -0.05) is 19.1 Å². The SMILES string of the molecule is CCCOc1cccc(NC(=O)C2CCN(S(=O)(=O)c3cc([N+](=O)[O-])ccc3C)CC2)c1. The summed E-state index contributed by atoms with van der Waals surface area (Å²) in [6, 6.07) is 11.0. The molecule has 1 amide bonds. The third-order valence-electron chi connectivity index (χ3n) is 5.40. The molecule has 1 heterocycles. The predicted octanol–water partition coefficient (Wildman–Crippen LogP) is 3.73. The molecule has 172 valence electrons. The minimum absolute atomic E-state index is 0.0708. The number of hydrogen-bond acceptors (Lipinski definition) is 6. The van der Waals surface area contributed by atoms with Gasteiger partial charge in [0, 0.05) is 42.9 Å². The van der Waals surface area contributed by atoms with Gasteiger partial charge in [0.25, 0.3) is 5.69 Å². The van der Waals surface area contributed by atoms with Crippen molar-refractivity contribution >= 4 is 27.3 Å². The average molecular weight is 462 g/mol. The summed E-state index contributed by atoms with van der Waals surface area (Å²) in [5.74, 6) is 0.187. The zero-order valence-electron chi connectivity index (χ0n) is 18.1. The maximum atomic E-state index is 13.1. The van der Waals surface area contributed by atoms with Crippen LogP contribution in [-0.4, -0.2) is 43.2 Å². The number of piperidine rings is 1. The minimum atomic E-state index is -3.89. The molecule has 1 aliphatic heterocycles. The molecule has 1 saturated heterocycles. The first kappa shape index (κ1) is 23.7. The van der Waals surface area contributed by atoms with E-state index in [1.807, 2.05) is 13.0 Å². The number of nitrogens with zero attached hydrogens (tertiary/aromatic N) is 2. The van der Waals surface area contributed by atoms with E-state index < -0.39 is 14.9 Å². The molecule has 0 unspecified atom stereocenters. The van der Waals surface area contributed by atoms with Crippen molar-refractivity contribution < 1.29 is 22.9 Å². The van der Waals surface area contributed by atoms with E-state index in [2.05, 4.69) is 5.32 Å². The van der Waals surface area contributed by atoms with E-state index in [-0.39, 0.29) is 35.5 Å². The van der Waals surface area contributed by atoms with Gasteiger partial charge in [0.2, 0.25) is 15.9 Å². The summed E-state index contributed by atoms with van der Waals surface area (Å²) < 4.78 is 33.0. The number of nitro benzene ring substituents is 1. The Morgan fingerprint density at radius 3 is 2.59 bits per heavy atom. The zero-order chi connectivity index (χ0) is 23.3. The van der Waals surface area contributed by atoms with Crippen molar-refractivity contribution in [3.8, 4) is 5.75 Å². The van der Waals surface area contributed by atoms with Crippen molar-refractivity contribution in [3.05, 3.63) is 58.1 Å². The summed E-state index contributed by atoms with van der Waals surface area (Å²) >= 11 is 0. The summed E-state index contributed by atoms with van der Waals surface area (Å²) in [7, 11) is -3.89. The molecule has 1 aliphatic rings. The van der Waals surface area contributed by atoms with Crippen LogP contribution in [-0.2, 0) is 14.8 Å². The lowest BCUT2D eigenvalue weighted by atomic mass is 9.97. The number of ether oxygens (including phenoxy) is 1. The molecular weight excluding hydrogens is 434 g/mol. The van der Waals surface area contributed by atoms with Crippen LogP contribution < -0.4 is 10.1 Å². The van der Waals surface area contributed by atoms with Gasteiger partial charge < -0.3 is 10.1 Å². The minimum Gasteiger partial charge on any atom is -0.494 e. The number of nitrogens with one attached hydrogen (secondary N) is 1. The number of benzene rings is 2. The fraction of sp³-hybridized carbons (Fsp3) is 0.409. The number of aryl methyl sites for hydroxylation is 1. The monoisotopic (exact) mass is 461 g/mol. The smallest absolute Gasteiger partial charge is 0.270 e. The molecule has 3 rings (SSSR count). The lowest BCUT2D eigenvalue weighted by Gasteiger charge is -2.30. The molecule has 0 saturated carbocycles. The molecule has 32 heavy (non-hydrogen) atoms. The predicted molar refractivity (Wildman–Crippen MR) is 120 cm³/mol. The van der Waals surface area contributed by atoms with E-state index in [0.29, 0.717) is 36.4 Å². The lowest BCUT2D eigenvalue weighted by Crippen LogP contribution is -2.41. The molecule has 2 aromatic rings. The third-order valence-corrected chi connectivity index (χ3v) is 7.44. The number of anilines is 1. The maximum Gasteiger partial charge on any atom is 0.270 e. The van der Waals surface area contributed by atoms with Crippen LogP contribution in [0.1, 0.15) is 31.7 Å². The first-order valence-electron chi connectivity index (χ1n) is 10.5. The van der Waals surface area contributed by atoms with Gasteiger partial charge >= 0.3 is 0 Å². The number of carbonyl (C=O) groups excluding carboxylic acids is 1. The summed E-state index contributed by atoms with van der Waals surface area (Å²) in [4.78, 5) is 23.1. The number of carbonyl (C=O) groups is 1. The molecule has 1 N–H and O–H groups in total. The van der Waals surface area contributed by atoms with E-state index >= 15 is 0 Å². The van der Waals surface area contributed by atoms with Gasteiger partial charge in [-0.15, -0.1) is 0 Å². The second kappa shape index (κ2) is 10.1. The Morgan fingerprint density at radius 1 is 1.22 bits per heavy atom. The fourth-order valence-electron chi connectivity index (χ4n) is 3.61. The van der Waals surface area contributed by atoms with Gasteiger partial charge in [-0.25, -0.2) is 8.42 Å². The summed E-state index contributed by atoms with van der Waals surface area (Å²) in [5.41, 5.74) is 0.806. The summed E-state index contributed by atoms with van der Waals surface area (Å²) in [6.45, 7) is 4.55. The second-order valence-corrected chi connectivity index (χ2v) is 9.66. The topological polar surface area (TPSA) is 119 Å². The van der Waals surface area contributed by atoms with Crippen LogP contribution in [0.25, 0.3) is 0 Å². The van der Waals surface area contributed by atoms with Crippen LogP contribution >= 0.6 is 0 Å². The van der Waals surface area contributed by atoms with Gasteiger partial charge in [-0.3, -0.25) is 14.9 Å². The van der Waals surface area contributed by atoms with Gasteiger partial charge in [0.15, 0.2) is 0 Å². The molecule has 0 aliphatic carbocycles. The number of rotatable bonds is 8. The van der Waals surface area contributed by atoms with E-state index in [0.717, 1.165) is 12.5 Å². The van der Waals surface area contributed by atoms with Crippen LogP contribution in [0.2, 0.25) is 0 Å². The second-order valence-electron chi connectivity index (χ2n) is 7.75. The molecule has 0 radical (unpaired) electrons. The number of non-ortho nitro benzene ring substituents is 1. The standard InChI is InChI=1S/C22H27N3O6S/c1-3-13-31-20-6-4-5-18(14-20)23-22(26)17-9-11-24(12-10-17)32(29,30)21-15-19(25(27)28)8-7-16(21)2/h4-8,14-15,17H,3,9-13H2,1-2H3,(H,23,26). The highest BCUT2D eigenvalue weighted by molar-refractivity contribution is 7.89. The van der Waals surface area contributed by atoms with Crippen molar-refractivity contribution in [2.24, 2.45) is 5.92 Å². The van der Waals surface area contributed by atoms with Crippen molar-refractivity contribution in [1.82, 2.24) is 4.31 Å². The molecular formula is C22H27N3O6S. The molecule has 0 atom stereocenters. The van der Waals surface area contributed by atoms with Crippen LogP contribution in [0.5, 0.6) is 5.75 Å². The zero-order valence-corrected chi connectivity index (χ0v) is 18.9. The van der Waals surface area contributed by atoms with Gasteiger partial charge in [-0.2, -0.15) is 4.31 Å². The largest absolute Gasteiger partial charge is 0.494 e. The molecule has 0 bridgehead atoms. The average Bonchev–Trinajstić information content (AvgIpc) is 2.78. The molecule has 2 aromatic carbocycles. The van der Waals surface area contributed by atoms with Crippen LogP contribution in [0.15, 0.2) is 47.4 Å². The van der Waals surface area contributed by atoms with E-state index in [4.69, 9.17) is 4.74 Å². The summed E-state index contributed by atoms with van der Waals surface area (Å²) in [5, 5.41) is 13.9. The molecule has 1 fully saturated rings. The summed E-state index contributed by atoms with van der Waals surface area (Å²) in [6.07, 6.45) is 1.62. The number of sulfonamides is 1. The molecule has 0 spiro atoms. The molecule has 0 aromatic heterocycles. The normalized spacial score (nSPS) is 15.3. The molecule has 10 heteroatoms. The Bertz CT molecular complexity index is 1090. The van der Waals surface area contributed by atoms with E-state index in [1.54, 1.807) is 25.1 Å². The van der Waals surface area contributed by atoms with Gasteiger partial charge in [-0.05, 0) is 43.9 Å². The Balaban J connectivity index is 1.64. The van der Waals surface area contributed by atoms with Crippen molar-refractivity contribution in [3.63, 3.8) is 0 Å². The van der Waals surface area contributed by atoms with Crippen molar-refractivity contribution in [2.75, 3.05) is 25.0 Å². The Labute approximate surface area is 187 Å². The van der Waals surface area contributed by atoms with Gasteiger partial charge in [0.1, 0.15) is 5.75 Å².